The number of rotatable bonds is 5. The fourth-order valence-electron chi connectivity index (χ4n) is 3.69. The molecule has 0 N–H and O–H groups in total. The predicted molar refractivity (Wildman–Crippen MR) is 115 cm³/mol. The average Bonchev–Trinajstić information content (AvgIpc) is 2.84. The van der Waals surface area contributed by atoms with Crippen LogP contribution in [0.4, 0.5) is 0 Å². The summed E-state index contributed by atoms with van der Waals surface area (Å²) in [6, 6.07) is 21.4. The third-order valence-electron chi connectivity index (χ3n) is 5.34. The second kappa shape index (κ2) is 9.23. The lowest BCUT2D eigenvalue weighted by Crippen LogP contribution is -2.42. The Kier molecular flexibility index (Phi) is 6.04. The zero-order chi connectivity index (χ0) is 21.6. The van der Waals surface area contributed by atoms with E-state index in [1.165, 1.54) is 0 Å². The molecule has 31 heavy (non-hydrogen) atoms. The molecule has 0 saturated carbocycles. The van der Waals surface area contributed by atoms with Crippen LogP contribution in [-0.2, 0) is 0 Å². The van der Waals surface area contributed by atoms with E-state index in [0.29, 0.717) is 54.1 Å². The summed E-state index contributed by atoms with van der Waals surface area (Å²) in [4.78, 5) is 32.0. The highest BCUT2D eigenvalue weighted by molar-refractivity contribution is 6.15. The number of amides is 1. The Morgan fingerprint density at radius 2 is 1.61 bits per heavy atom. The van der Waals surface area contributed by atoms with Gasteiger partial charge in [0, 0.05) is 43.3 Å². The number of carbonyl (C=O) groups is 2. The monoisotopic (exact) mass is 411 g/mol. The number of nitrogens with zero attached hydrogens (tertiary/aromatic N) is 3. The number of likely N-dealkylation sites (tertiary alicyclic amines) is 1. The summed E-state index contributed by atoms with van der Waals surface area (Å²) in [7, 11) is 0. The SMILES string of the molecule is N#Cc1cccnc1OC1CCN(C(=O)c2ccccc2C(=O)c2ccccc2)CC1. The van der Waals surface area contributed by atoms with Gasteiger partial charge in [0.05, 0.1) is 5.56 Å². The van der Waals surface area contributed by atoms with Crippen molar-refractivity contribution >= 4 is 11.7 Å². The van der Waals surface area contributed by atoms with Gasteiger partial charge < -0.3 is 9.64 Å². The van der Waals surface area contributed by atoms with E-state index >= 15 is 0 Å². The summed E-state index contributed by atoms with van der Waals surface area (Å²) in [5.41, 5.74) is 1.77. The molecule has 0 atom stereocenters. The maximum Gasteiger partial charge on any atom is 0.254 e. The summed E-state index contributed by atoms with van der Waals surface area (Å²) < 4.78 is 5.91. The first-order valence-electron chi connectivity index (χ1n) is 10.2. The van der Waals surface area contributed by atoms with Gasteiger partial charge in [0.2, 0.25) is 5.88 Å². The molecule has 3 aromatic rings. The standard InChI is InChI=1S/C25H21N3O3/c26-17-19-9-6-14-27-24(19)31-20-12-15-28(16-13-20)25(30)22-11-5-4-10-21(22)23(29)18-7-2-1-3-8-18/h1-11,14,20H,12-13,15-16H2. The molecule has 6 heteroatoms. The molecule has 2 heterocycles. The molecule has 1 saturated heterocycles. The number of ether oxygens (including phenoxy) is 1. The van der Waals surface area contributed by atoms with Gasteiger partial charge in [-0.05, 0) is 18.2 Å². The lowest BCUT2D eigenvalue weighted by Gasteiger charge is -2.32. The molecular weight excluding hydrogens is 390 g/mol. The first kappa shape index (κ1) is 20.3. The topological polar surface area (TPSA) is 83.3 Å². The molecule has 0 bridgehead atoms. The van der Waals surface area contributed by atoms with Gasteiger partial charge in [-0.1, -0.05) is 48.5 Å². The number of piperidine rings is 1. The number of hydrogen-bond acceptors (Lipinski definition) is 5. The lowest BCUT2D eigenvalue weighted by molar-refractivity contribution is 0.0584. The second-order valence-corrected chi connectivity index (χ2v) is 7.32. The van der Waals surface area contributed by atoms with Crippen LogP contribution in [0.15, 0.2) is 72.9 Å². The Labute approximate surface area is 180 Å². The van der Waals surface area contributed by atoms with Gasteiger partial charge in [-0.2, -0.15) is 5.26 Å². The molecule has 4 rings (SSSR count). The molecule has 0 aliphatic carbocycles. The number of carbonyl (C=O) groups excluding carboxylic acids is 2. The van der Waals surface area contributed by atoms with Gasteiger partial charge in [0.15, 0.2) is 5.78 Å². The van der Waals surface area contributed by atoms with Crippen molar-refractivity contribution in [1.29, 1.82) is 5.26 Å². The molecule has 2 aromatic carbocycles. The Morgan fingerprint density at radius 3 is 2.32 bits per heavy atom. The van der Waals surface area contributed by atoms with Gasteiger partial charge in [-0.25, -0.2) is 4.98 Å². The summed E-state index contributed by atoms with van der Waals surface area (Å²) in [6.07, 6.45) is 2.73. The van der Waals surface area contributed by atoms with Gasteiger partial charge in [-0.15, -0.1) is 0 Å². The highest BCUT2D eigenvalue weighted by Crippen LogP contribution is 2.23. The lowest BCUT2D eigenvalue weighted by atomic mass is 9.97. The van der Waals surface area contributed by atoms with E-state index in [2.05, 4.69) is 11.1 Å². The van der Waals surface area contributed by atoms with Crippen LogP contribution in [0.2, 0.25) is 0 Å². The van der Waals surface area contributed by atoms with Crippen LogP contribution in [0.3, 0.4) is 0 Å². The van der Waals surface area contributed by atoms with E-state index in [1.54, 1.807) is 59.6 Å². The van der Waals surface area contributed by atoms with Crippen molar-refractivity contribution < 1.29 is 14.3 Å². The number of nitriles is 1. The molecule has 0 unspecified atom stereocenters. The summed E-state index contributed by atoms with van der Waals surface area (Å²) in [6.45, 7) is 1.01. The van der Waals surface area contributed by atoms with Crippen LogP contribution < -0.4 is 4.74 Å². The highest BCUT2D eigenvalue weighted by atomic mass is 16.5. The van der Waals surface area contributed by atoms with Crippen molar-refractivity contribution in [1.82, 2.24) is 9.88 Å². The van der Waals surface area contributed by atoms with Crippen molar-refractivity contribution in [3.63, 3.8) is 0 Å². The van der Waals surface area contributed by atoms with E-state index in [-0.39, 0.29) is 17.8 Å². The van der Waals surface area contributed by atoms with Crippen molar-refractivity contribution in [3.8, 4) is 11.9 Å². The molecule has 6 nitrogen and oxygen atoms in total. The van der Waals surface area contributed by atoms with Crippen LogP contribution in [-0.4, -0.2) is 40.8 Å². The van der Waals surface area contributed by atoms with Gasteiger partial charge in [0.25, 0.3) is 5.91 Å². The largest absolute Gasteiger partial charge is 0.473 e. The van der Waals surface area contributed by atoms with Crippen LogP contribution in [0.1, 0.15) is 44.7 Å². The van der Waals surface area contributed by atoms with Crippen LogP contribution in [0.25, 0.3) is 0 Å². The molecule has 1 fully saturated rings. The first-order valence-corrected chi connectivity index (χ1v) is 10.2. The fraction of sp³-hybridized carbons (Fsp3) is 0.200. The van der Waals surface area contributed by atoms with Crippen molar-refractivity contribution in [3.05, 3.63) is 95.2 Å². The van der Waals surface area contributed by atoms with E-state index < -0.39 is 0 Å². The Bertz CT molecular complexity index is 1130. The Hall–Kier alpha value is -3.98. The van der Waals surface area contributed by atoms with E-state index in [4.69, 9.17) is 4.74 Å². The number of aromatic nitrogens is 1. The van der Waals surface area contributed by atoms with Gasteiger partial charge in [0.1, 0.15) is 17.7 Å². The molecule has 1 aliphatic rings. The van der Waals surface area contributed by atoms with Crippen molar-refractivity contribution in [2.45, 2.75) is 18.9 Å². The molecule has 1 aliphatic heterocycles. The third-order valence-corrected chi connectivity index (χ3v) is 5.34. The zero-order valence-electron chi connectivity index (χ0n) is 16.9. The fourth-order valence-corrected chi connectivity index (χ4v) is 3.69. The zero-order valence-corrected chi connectivity index (χ0v) is 16.9. The van der Waals surface area contributed by atoms with Gasteiger partial charge in [-0.3, -0.25) is 9.59 Å². The summed E-state index contributed by atoms with van der Waals surface area (Å²) in [5, 5.41) is 9.19. The Morgan fingerprint density at radius 1 is 0.935 bits per heavy atom. The summed E-state index contributed by atoms with van der Waals surface area (Å²) >= 11 is 0. The van der Waals surface area contributed by atoms with Crippen molar-refractivity contribution in [2.24, 2.45) is 0 Å². The van der Waals surface area contributed by atoms with Crippen LogP contribution in [0.5, 0.6) is 5.88 Å². The van der Waals surface area contributed by atoms with E-state index in [9.17, 15) is 14.9 Å². The minimum Gasteiger partial charge on any atom is -0.473 e. The smallest absolute Gasteiger partial charge is 0.254 e. The molecule has 1 aromatic heterocycles. The van der Waals surface area contributed by atoms with Crippen LogP contribution in [0, 0.1) is 11.3 Å². The first-order chi connectivity index (χ1) is 15.2. The molecule has 154 valence electrons. The van der Waals surface area contributed by atoms with Crippen molar-refractivity contribution in [2.75, 3.05) is 13.1 Å². The van der Waals surface area contributed by atoms with E-state index in [0.717, 1.165) is 0 Å². The minimum atomic E-state index is -0.165. The average molecular weight is 411 g/mol. The van der Waals surface area contributed by atoms with E-state index in [1.807, 2.05) is 18.2 Å². The highest BCUT2D eigenvalue weighted by Gasteiger charge is 2.28. The Balaban J connectivity index is 1.45. The number of hydrogen-bond donors (Lipinski definition) is 0. The maximum atomic E-state index is 13.2. The number of pyridine rings is 1. The quantitative estimate of drug-likeness (QED) is 0.595. The minimum absolute atomic E-state index is 0.118. The molecule has 1 amide bonds. The third kappa shape index (κ3) is 4.46. The number of ketones is 1. The second-order valence-electron chi connectivity index (χ2n) is 7.32. The van der Waals surface area contributed by atoms with Gasteiger partial charge >= 0.3 is 0 Å². The van der Waals surface area contributed by atoms with Crippen LogP contribution >= 0.6 is 0 Å². The molecule has 0 spiro atoms. The number of benzene rings is 2. The maximum absolute atomic E-state index is 13.2. The molecular formula is C25H21N3O3. The summed E-state index contributed by atoms with van der Waals surface area (Å²) in [5.74, 6) is 0.00409. The normalized spacial score (nSPS) is 14.0. The predicted octanol–water partition coefficient (Wildman–Crippen LogP) is 3.87. The molecule has 0 radical (unpaired) electrons.